The van der Waals surface area contributed by atoms with E-state index in [1.807, 2.05) is 45.0 Å². The summed E-state index contributed by atoms with van der Waals surface area (Å²) in [6.45, 7) is 11.9. The lowest BCUT2D eigenvalue weighted by Gasteiger charge is -2.23. The number of alkyl carbamates (subject to hydrolysis) is 1. The first-order valence-electron chi connectivity index (χ1n) is 25.9. The zero-order valence-electron chi connectivity index (χ0n) is 41.1. The maximum Gasteiger partial charge on any atom is 0.407 e. The van der Waals surface area contributed by atoms with Crippen LogP contribution in [0.3, 0.4) is 0 Å². The number of ether oxygens (including phenoxy) is 4. The van der Waals surface area contributed by atoms with Crippen molar-refractivity contribution in [2.24, 2.45) is 0 Å². The van der Waals surface area contributed by atoms with Gasteiger partial charge in [-0.05, 0) is 62.3 Å². The lowest BCUT2D eigenvalue weighted by Crippen LogP contribution is -2.49. The molecule has 2 N–H and O–H groups in total. The van der Waals surface area contributed by atoms with Crippen molar-refractivity contribution < 1.29 is 33.3 Å². The number of fused-ring (bicyclic) bond motifs is 3. The second-order valence-corrected chi connectivity index (χ2v) is 19.2. The number of carbonyl (C=O) groups is 3. The van der Waals surface area contributed by atoms with E-state index in [0.717, 1.165) is 47.9 Å². The van der Waals surface area contributed by atoms with Gasteiger partial charge >= 0.3 is 12.1 Å². The normalized spacial score (nSPS) is 13.3. The van der Waals surface area contributed by atoms with Crippen LogP contribution in [0.15, 0.2) is 48.5 Å². The van der Waals surface area contributed by atoms with Gasteiger partial charge in [0.05, 0.1) is 12.7 Å². The van der Waals surface area contributed by atoms with Crippen molar-refractivity contribution in [2.45, 2.75) is 225 Å². The molecule has 2 aromatic rings. The van der Waals surface area contributed by atoms with E-state index in [9.17, 15) is 14.4 Å². The van der Waals surface area contributed by atoms with Gasteiger partial charge in [-0.2, -0.15) is 0 Å². The highest BCUT2D eigenvalue weighted by molar-refractivity contribution is 5.86. The maximum atomic E-state index is 13.8. The van der Waals surface area contributed by atoms with Crippen LogP contribution in [0.5, 0.6) is 0 Å². The predicted molar refractivity (Wildman–Crippen MR) is 263 cm³/mol. The average Bonchev–Trinajstić information content (AvgIpc) is 3.60. The number of rotatable bonds is 38. The molecular weight excluding hydrogens is 801 g/mol. The molecule has 9 heteroatoms. The van der Waals surface area contributed by atoms with Gasteiger partial charge in [-0.15, -0.1) is 0 Å². The van der Waals surface area contributed by atoms with Crippen molar-refractivity contribution in [3.8, 4) is 11.1 Å². The van der Waals surface area contributed by atoms with Gasteiger partial charge in [0.25, 0.3) is 0 Å². The minimum atomic E-state index is -1.01. The summed E-state index contributed by atoms with van der Waals surface area (Å²) in [4.78, 5) is 40.0. The van der Waals surface area contributed by atoms with Crippen LogP contribution in [0, 0.1) is 0 Å². The lowest BCUT2D eigenvalue weighted by molar-refractivity contribution is -0.155. The Bertz CT molecular complexity index is 1490. The summed E-state index contributed by atoms with van der Waals surface area (Å²) in [7, 11) is 0. The van der Waals surface area contributed by atoms with E-state index in [0.29, 0.717) is 19.8 Å². The first-order chi connectivity index (χ1) is 31.1. The number of esters is 1. The quantitative estimate of drug-likeness (QED) is 0.0510. The summed E-state index contributed by atoms with van der Waals surface area (Å²) in [5.74, 6) is -0.962. The second-order valence-electron chi connectivity index (χ2n) is 19.2. The molecule has 3 rings (SSSR count). The van der Waals surface area contributed by atoms with Crippen LogP contribution >= 0.6 is 0 Å². The van der Waals surface area contributed by atoms with E-state index < -0.39 is 29.6 Å². The molecule has 0 bridgehead atoms. The Morgan fingerprint density at radius 3 is 1.55 bits per heavy atom. The van der Waals surface area contributed by atoms with E-state index in [-0.39, 0.29) is 38.0 Å². The van der Waals surface area contributed by atoms with Crippen LogP contribution in [0.25, 0.3) is 11.1 Å². The van der Waals surface area contributed by atoms with Crippen LogP contribution in [0.2, 0.25) is 0 Å². The van der Waals surface area contributed by atoms with Gasteiger partial charge < -0.3 is 29.6 Å². The number of nitrogens with one attached hydrogen (secondary N) is 2. The molecule has 362 valence electrons. The van der Waals surface area contributed by atoms with Crippen LogP contribution in [0.4, 0.5) is 4.79 Å². The number of benzene rings is 2. The molecule has 2 aromatic carbocycles. The van der Waals surface area contributed by atoms with Crippen molar-refractivity contribution >= 4 is 18.0 Å². The highest BCUT2D eigenvalue weighted by atomic mass is 16.6. The minimum absolute atomic E-state index is 0.0416. The molecule has 2 amide bonds. The van der Waals surface area contributed by atoms with Crippen LogP contribution < -0.4 is 10.6 Å². The largest absolute Gasteiger partial charge is 0.460 e. The molecule has 1 unspecified atom stereocenters. The van der Waals surface area contributed by atoms with Crippen molar-refractivity contribution in [1.29, 1.82) is 0 Å². The van der Waals surface area contributed by atoms with Crippen molar-refractivity contribution in [2.75, 3.05) is 33.0 Å². The molecular formula is C55H90N2O7. The van der Waals surface area contributed by atoms with Gasteiger partial charge in [-0.3, -0.25) is 9.59 Å². The predicted octanol–water partition coefficient (Wildman–Crippen LogP) is 13.9. The topological polar surface area (TPSA) is 112 Å². The summed E-state index contributed by atoms with van der Waals surface area (Å²) in [6, 6.07) is 15.3. The molecule has 0 aliphatic heterocycles. The highest BCUT2D eigenvalue weighted by Crippen LogP contribution is 2.44. The zero-order chi connectivity index (χ0) is 46.1. The van der Waals surface area contributed by atoms with E-state index in [4.69, 9.17) is 18.9 Å². The summed E-state index contributed by atoms with van der Waals surface area (Å²) in [5, 5.41) is 5.78. The molecule has 1 aliphatic rings. The Hall–Kier alpha value is -3.43. The highest BCUT2D eigenvalue weighted by Gasteiger charge is 2.30. The van der Waals surface area contributed by atoms with Gasteiger partial charge in [-0.1, -0.05) is 204 Å². The third kappa shape index (κ3) is 24.2. The van der Waals surface area contributed by atoms with Crippen molar-refractivity contribution in [3.63, 3.8) is 0 Å². The minimum Gasteiger partial charge on any atom is -0.460 e. The molecule has 0 fully saturated rings. The molecule has 0 spiro atoms. The van der Waals surface area contributed by atoms with Crippen LogP contribution in [-0.2, 0) is 28.5 Å². The Morgan fingerprint density at radius 1 is 0.609 bits per heavy atom. The van der Waals surface area contributed by atoms with Crippen LogP contribution in [0.1, 0.15) is 219 Å². The smallest absolute Gasteiger partial charge is 0.407 e. The van der Waals surface area contributed by atoms with Crippen LogP contribution in [-0.4, -0.2) is 68.7 Å². The molecule has 64 heavy (non-hydrogen) atoms. The molecule has 0 radical (unpaired) electrons. The molecule has 0 aromatic heterocycles. The molecule has 2 atom stereocenters. The first kappa shape index (κ1) is 54.9. The van der Waals surface area contributed by atoms with Gasteiger partial charge in [0.2, 0.25) is 5.91 Å². The van der Waals surface area contributed by atoms with E-state index in [2.05, 4.69) is 48.7 Å². The Kier molecular flexibility index (Phi) is 29.1. The molecule has 1 aliphatic carbocycles. The molecule has 0 saturated heterocycles. The Morgan fingerprint density at radius 2 is 1.06 bits per heavy atom. The van der Waals surface area contributed by atoms with Crippen molar-refractivity contribution in [1.82, 2.24) is 10.6 Å². The van der Waals surface area contributed by atoms with Gasteiger partial charge in [0.15, 0.2) is 0 Å². The molecule has 0 saturated carbocycles. The van der Waals surface area contributed by atoms with Crippen molar-refractivity contribution in [3.05, 3.63) is 59.7 Å². The lowest BCUT2D eigenvalue weighted by atomic mass is 9.98. The fourth-order valence-electron chi connectivity index (χ4n) is 8.66. The summed E-state index contributed by atoms with van der Waals surface area (Å²) >= 11 is 0. The Balaban J connectivity index is 1.50. The fourth-order valence-corrected chi connectivity index (χ4v) is 8.66. The second kappa shape index (κ2) is 34.0. The average molecular weight is 891 g/mol. The number of unbranched alkanes of at least 4 members (excludes halogenated alkanes) is 22. The van der Waals surface area contributed by atoms with E-state index >= 15 is 0 Å². The molecule has 0 heterocycles. The SMILES string of the molecule is CCCCCCCCCCCCCCOCC(CNC(=O)[C@H](CCC(=O)OC(C)(C)C)NC(=O)OCC1c2ccccc2-c2ccccc21)OCCCCCCCCCCCCCC. The Labute approximate surface area is 389 Å². The van der Waals surface area contributed by atoms with E-state index in [1.54, 1.807) is 0 Å². The third-order valence-corrected chi connectivity index (χ3v) is 12.3. The third-order valence-electron chi connectivity index (χ3n) is 12.3. The monoisotopic (exact) mass is 891 g/mol. The summed E-state index contributed by atoms with van der Waals surface area (Å²) < 4.78 is 23.8. The maximum absolute atomic E-state index is 13.8. The van der Waals surface area contributed by atoms with Gasteiger partial charge in [-0.25, -0.2) is 4.79 Å². The summed E-state index contributed by atoms with van der Waals surface area (Å²) in [6.07, 6.45) is 29.8. The number of hydrogen-bond donors (Lipinski definition) is 2. The van der Waals surface area contributed by atoms with Gasteiger partial charge in [0.1, 0.15) is 18.2 Å². The fraction of sp³-hybridized carbons (Fsp3) is 0.727. The molecule has 9 nitrogen and oxygen atoms in total. The van der Waals surface area contributed by atoms with Gasteiger partial charge in [0, 0.05) is 32.1 Å². The number of hydrogen-bond acceptors (Lipinski definition) is 7. The van der Waals surface area contributed by atoms with E-state index in [1.165, 1.54) is 128 Å². The number of carbonyl (C=O) groups excluding carboxylic acids is 3. The first-order valence-corrected chi connectivity index (χ1v) is 25.9. The standard InChI is InChI=1S/C55H90N2O7/c1-6-8-10-12-14-16-18-20-22-24-26-32-40-61-43-45(62-41-33-27-25-23-21-19-17-15-13-11-9-7-2)42-56-53(59)51(38-39-52(58)64-55(3,4)5)57-54(60)63-44-50-48-36-30-28-34-46(48)47-35-29-31-37-49(47)50/h28-31,34-37,45,50-51H,6-27,32-33,38-44H2,1-5H3,(H,56,59)(H,57,60)/t45?,51-/m0/s1. The number of amides is 2. The summed E-state index contributed by atoms with van der Waals surface area (Å²) in [5.41, 5.74) is 3.81. The zero-order valence-corrected chi connectivity index (χ0v) is 41.1.